The quantitative estimate of drug-likeness (QED) is 0.0539. The van der Waals surface area contributed by atoms with E-state index in [1.54, 1.807) is 75.4 Å². The van der Waals surface area contributed by atoms with Gasteiger partial charge in [0.25, 0.3) is 5.91 Å². The summed E-state index contributed by atoms with van der Waals surface area (Å²) in [5, 5.41) is 11.3. The van der Waals surface area contributed by atoms with Crippen LogP contribution in [0.25, 0.3) is 11.1 Å². The van der Waals surface area contributed by atoms with Gasteiger partial charge in [-0.2, -0.15) is 0 Å². The summed E-state index contributed by atoms with van der Waals surface area (Å²) < 4.78 is 22.6. The van der Waals surface area contributed by atoms with Crippen molar-refractivity contribution < 1.29 is 47.7 Å². The number of benzene rings is 4. The van der Waals surface area contributed by atoms with Crippen LogP contribution in [0.3, 0.4) is 0 Å². The van der Waals surface area contributed by atoms with Crippen molar-refractivity contribution in [2.45, 2.75) is 83.4 Å². The first-order valence-electron chi connectivity index (χ1n) is 22.5. The fourth-order valence-corrected chi connectivity index (χ4v) is 7.51. The number of urea groups is 1. The number of esters is 1. The van der Waals surface area contributed by atoms with E-state index < -0.39 is 72.1 Å². The van der Waals surface area contributed by atoms with Gasteiger partial charge in [0, 0.05) is 44.8 Å². The Morgan fingerprint density at radius 3 is 2.09 bits per heavy atom. The average Bonchev–Trinajstić information content (AvgIpc) is 3.31. The molecule has 1 saturated heterocycles. The highest BCUT2D eigenvalue weighted by Crippen LogP contribution is 2.32. The van der Waals surface area contributed by atoms with Crippen LogP contribution in [-0.4, -0.2) is 104 Å². The number of amides is 6. The predicted octanol–water partition coefficient (Wildman–Crippen LogP) is 6.39. The molecule has 1 fully saturated rings. The molecule has 66 heavy (non-hydrogen) atoms. The summed E-state index contributed by atoms with van der Waals surface area (Å²) in [7, 11) is 0. The van der Waals surface area contributed by atoms with Crippen molar-refractivity contribution in [1.29, 1.82) is 0 Å². The van der Waals surface area contributed by atoms with E-state index in [0.717, 1.165) is 24.0 Å². The number of carbonyl (C=O) groups is 6. The number of nitrogens with zero attached hydrogens (tertiary/aromatic N) is 1. The summed E-state index contributed by atoms with van der Waals surface area (Å²) >= 11 is 0. The number of imide groups is 1. The summed E-state index contributed by atoms with van der Waals surface area (Å²) in [5.74, 6) is -3.65. The Labute approximate surface area is 387 Å². The third kappa shape index (κ3) is 15.8. The van der Waals surface area contributed by atoms with E-state index in [-0.39, 0.29) is 38.9 Å². The zero-order chi connectivity index (χ0) is 47.4. The van der Waals surface area contributed by atoms with Gasteiger partial charge in [0.15, 0.2) is 6.61 Å². The second-order valence-electron chi connectivity index (χ2n) is 17.2. The Kier molecular flexibility index (Phi) is 19.1. The van der Waals surface area contributed by atoms with E-state index in [0.29, 0.717) is 36.5 Å². The number of rotatable bonds is 21. The summed E-state index contributed by atoms with van der Waals surface area (Å²) in [6.45, 7) is 6.93. The number of nitrogens with one attached hydrogen (secondary N) is 4. The molecule has 4 aromatic carbocycles. The maximum atomic E-state index is 15.8. The van der Waals surface area contributed by atoms with Crippen molar-refractivity contribution >= 4 is 35.8 Å². The number of ether oxygens (including phenoxy) is 4. The molecule has 352 valence electrons. The number of morpholine rings is 1. The number of alkyl carbamates (subject to hydrolysis) is 1. The third-order valence-electron chi connectivity index (χ3n) is 10.9. The monoisotopic (exact) mass is 905 g/mol. The molecule has 0 aliphatic carbocycles. The SMILES string of the molecule is CCCCCC(=O)NC(Cc1ccccc1-c1ccccc1)(C(=O)NC(Cc1ccccc1)C(=O)NC(=O)N1CCOCC1)C(CNC(=O)OC(C)(C)C)COC(=O)COc1ccccc1. The number of hydrogen-bond acceptors (Lipinski definition) is 10. The van der Waals surface area contributed by atoms with Gasteiger partial charge < -0.3 is 39.8 Å². The summed E-state index contributed by atoms with van der Waals surface area (Å²) in [5.41, 5.74) is -0.0672. The van der Waals surface area contributed by atoms with E-state index >= 15 is 4.79 Å². The van der Waals surface area contributed by atoms with Crippen LogP contribution in [0.15, 0.2) is 115 Å². The first-order valence-corrected chi connectivity index (χ1v) is 22.5. The third-order valence-corrected chi connectivity index (χ3v) is 10.9. The molecule has 1 heterocycles. The fourth-order valence-electron chi connectivity index (χ4n) is 7.51. The average molecular weight is 906 g/mol. The lowest BCUT2D eigenvalue weighted by Crippen LogP contribution is -2.69. The molecule has 3 unspecified atom stereocenters. The van der Waals surface area contributed by atoms with Gasteiger partial charge in [-0.25, -0.2) is 14.4 Å². The molecule has 4 N–H and O–H groups in total. The van der Waals surface area contributed by atoms with Crippen LogP contribution in [0, 0.1) is 5.92 Å². The molecule has 0 aromatic heterocycles. The van der Waals surface area contributed by atoms with Gasteiger partial charge in [0.05, 0.1) is 19.8 Å². The van der Waals surface area contributed by atoms with Crippen molar-refractivity contribution in [1.82, 2.24) is 26.2 Å². The minimum atomic E-state index is -2.05. The van der Waals surface area contributed by atoms with Crippen molar-refractivity contribution in [3.8, 4) is 16.9 Å². The minimum Gasteiger partial charge on any atom is -0.482 e. The Morgan fingerprint density at radius 1 is 0.788 bits per heavy atom. The molecule has 5 rings (SSSR count). The number of unbranched alkanes of at least 4 members (excludes halogenated alkanes) is 2. The van der Waals surface area contributed by atoms with Crippen LogP contribution in [-0.2, 0) is 46.2 Å². The molecule has 0 radical (unpaired) electrons. The molecule has 1 aliphatic rings. The highest BCUT2D eigenvalue weighted by atomic mass is 16.6. The molecule has 1 aliphatic heterocycles. The van der Waals surface area contributed by atoms with Crippen LogP contribution in [0.2, 0.25) is 0 Å². The second-order valence-corrected chi connectivity index (χ2v) is 17.2. The maximum Gasteiger partial charge on any atom is 0.407 e. The molecule has 0 spiro atoms. The van der Waals surface area contributed by atoms with Gasteiger partial charge in [0.1, 0.15) is 22.9 Å². The number of hydrogen-bond donors (Lipinski definition) is 4. The predicted molar refractivity (Wildman–Crippen MR) is 249 cm³/mol. The zero-order valence-corrected chi connectivity index (χ0v) is 38.3. The lowest BCUT2D eigenvalue weighted by molar-refractivity contribution is -0.150. The van der Waals surface area contributed by atoms with E-state index in [1.807, 2.05) is 67.6 Å². The smallest absolute Gasteiger partial charge is 0.407 e. The van der Waals surface area contributed by atoms with Gasteiger partial charge in [-0.3, -0.25) is 19.7 Å². The Bertz CT molecular complexity index is 2200. The lowest BCUT2D eigenvalue weighted by Gasteiger charge is -2.41. The van der Waals surface area contributed by atoms with Crippen LogP contribution in [0.5, 0.6) is 5.75 Å². The number of para-hydroxylation sites is 1. The maximum absolute atomic E-state index is 15.8. The molecular formula is C51H63N5O10. The minimum absolute atomic E-state index is 0.0391. The number of carbonyl (C=O) groups excluding carboxylic acids is 6. The summed E-state index contributed by atoms with van der Waals surface area (Å²) in [6.07, 6.45) is 1.06. The molecule has 3 atom stereocenters. The van der Waals surface area contributed by atoms with Gasteiger partial charge >= 0.3 is 18.1 Å². The summed E-state index contributed by atoms with van der Waals surface area (Å²) in [6, 6.07) is 32.6. The van der Waals surface area contributed by atoms with Crippen LogP contribution in [0.4, 0.5) is 9.59 Å². The van der Waals surface area contributed by atoms with Crippen molar-refractivity contribution in [3.05, 3.63) is 126 Å². The molecule has 0 bridgehead atoms. The van der Waals surface area contributed by atoms with E-state index in [4.69, 9.17) is 18.9 Å². The highest BCUT2D eigenvalue weighted by Gasteiger charge is 2.49. The van der Waals surface area contributed by atoms with E-state index in [1.165, 1.54) is 4.90 Å². The zero-order valence-electron chi connectivity index (χ0n) is 38.3. The second kappa shape index (κ2) is 25.1. The highest BCUT2D eigenvalue weighted by molar-refractivity contribution is 6.01. The first-order chi connectivity index (χ1) is 31.8. The van der Waals surface area contributed by atoms with Crippen molar-refractivity contribution in [2.75, 3.05) is 46.1 Å². The standard InChI is InChI=1S/C51H63N5O10/c1-5-6-10-27-44(57)55-51(33-39-23-17-18-26-42(39)38-21-13-8-14-22-38,40(34-52-49(62)66-50(2,3)4)35-65-45(58)36-64-41-24-15-9-16-25-41)47(60)53-43(32-37-19-11-7-12-20-37)46(59)54-48(61)56-28-30-63-31-29-56/h7-9,11-26,40,43H,5-6,10,27-36H2,1-4H3,(H,52,62)(H,53,60)(H,55,57)(H,54,59,61). The molecule has 0 saturated carbocycles. The molecule has 6 amide bonds. The van der Waals surface area contributed by atoms with E-state index in [2.05, 4.69) is 21.3 Å². The first kappa shape index (κ1) is 50.3. The topological polar surface area (TPSA) is 191 Å². The normalized spacial score (nSPS) is 14.3. The van der Waals surface area contributed by atoms with E-state index in [9.17, 15) is 24.0 Å². The Hall–Kier alpha value is -6.74. The van der Waals surface area contributed by atoms with Gasteiger partial charge in [-0.05, 0) is 61.6 Å². The molecule has 15 nitrogen and oxygen atoms in total. The van der Waals surface area contributed by atoms with Gasteiger partial charge in [0.2, 0.25) is 11.8 Å². The van der Waals surface area contributed by atoms with Crippen LogP contribution >= 0.6 is 0 Å². The van der Waals surface area contributed by atoms with Crippen molar-refractivity contribution in [3.63, 3.8) is 0 Å². The Morgan fingerprint density at radius 2 is 1.42 bits per heavy atom. The lowest BCUT2D eigenvalue weighted by atomic mass is 9.76. The fraction of sp³-hybridized carbons (Fsp3) is 0.412. The van der Waals surface area contributed by atoms with Gasteiger partial charge in [-0.15, -0.1) is 0 Å². The largest absolute Gasteiger partial charge is 0.482 e. The van der Waals surface area contributed by atoms with Crippen LogP contribution in [0.1, 0.15) is 64.5 Å². The Balaban J connectivity index is 1.64. The van der Waals surface area contributed by atoms with Gasteiger partial charge in [-0.1, -0.05) is 123 Å². The molecule has 4 aromatic rings. The van der Waals surface area contributed by atoms with Crippen molar-refractivity contribution in [2.24, 2.45) is 5.92 Å². The van der Waals surface area contributed by atoms with Crippen LogP contribution < -0.4 is 26.0 Å². The summed E-state index contributed by atoms with van der Waals surface area (Å²) in [4.78, 5) is 86.3. The molecule has 15 heteroatoms. The molecular weight excluding hydrogens is 843 g/mol.